The topological polar surface area (TPSA) is 101 Å². The molecule has 3 aromatic rings. The maximum absolute atomic E-state index is 12.9. The zero-order valence-electron chi connectivity index (χ0n) is 16.9. The first-order valence-electron chi connectivity index (χ1n) is 9.74. The predicted molar refractivity (Wildman–Crippen MR) is 118 cm³/mol. The van der Waals surface area contributed by atoms with Gasteiger partial charge in [-0.3, -0.25) is 4.79 Å². The Morgan fingerprint density at radius 3 is 2.55 bits per heavy atom. The fourth-order valence-corrected chi connectivity index (χ4v) is 6.29. The minimum atomic E-state index is -3.54. The summed E-state index contributed by atoms with van der Waals surface area (Å²) in [6.45, 7) is 3.65. The number of carbonyl (C=O) groups excluding carboxylic acids is 1. The maximum Gasteiger partial charge on any atom is 0.243 e. The van der Waals surface area contributed by atoms with Crippen molar-refractivity contribution < 1.29 is 13.2 Å². The molecule has 2 aromatic heterocycles. The highest BCUT2D eigenvalue weighted by Crippen LogP contribution is 2.24. The Bertz CT molecular complexity index is 1110. The van der Waals surface area contributed by atoms with E-state index >= 15 is 0 Å². The summed E-state index contributed by atoms with van der Waals surface area (Å²) in [4.78, 5) is 16.1. The summed E-state index contributed by atoms with van der Waals surface area (Å²) in [5.41, 5.74) is 0. The SMILES string of the molecule is C[C@H](Sc1nnnn1Cc1cccs1)C(=O)N1CCN(S(=O)(=O)c2ccccc2)CC1. The van der Waals surface area contributed by atoms with Crippen molar-refractivity contribution in [3.05, 3.63) is 52.7 Å². The van der Waals surface area contributed by atoms with Crippen LogP contribution in [0.5, 0.6) is 0 Å². The predicted octanol–water partition coefficient (Wildman–Crippen LogP) is 1.80. The van der Waals surface area contributed by atoms with E-state index in [1.165, 1.54) is 16.1 Å². The molecular formula is C19H22N6O3S3. The molecule has 1 amide bonds. The van der Waals surface area contributed by atoms with E-state index in [1.807, 2.05) is 24.4 Å². The molecular weight excluding hydrogens is 456 g/mol. The molecule has 1 aromatic carbocycles. The average molecular weight is 479 g/mol. The van der Waals surface area contributed by atoms with E-state index in [9.17, 15) is 13.2 Å². The monoisotopic (exact) mass is 478 g/mol. The van der Waals surface area contributed by atoms with Gasteiger partial charge in [-0.15, -0.1) is 16.4 Å². The minimum Gasteiger partial charge on any atom is -0.339 e. The van der Waals surface area contributed by atoms with Gasteiger partial charge in [0.2, 0.25) is 21.1 Å². The smallest absolute Gasteiger partial charge is 0.243 e. The first kappa shape index (κ1) is 21.9. The van der Waals surface area contributed by atoms with E-state index in [2.05, 4.69) is 15.5 Å². The molecule has 3 heterocycles. The largest absolute Gasteiger partial charge is 0.339 e. The number of benzene rings is 1. The molecule has 0 saturated carbocycles. The van der Waals surface area contributed by atoms with Gasteiger partial charge in [0.05, 0.1) is 16.7 Å². The van der Waals surface area contributed by atoms with E-state index in [-0.39, 0.29) is 29.1 Å². The lowest BCUT2D eigenvalue weighted by Crippen LogP contribution is -2.52. The molecule has 0 bridgehead atoms. The van der Waals surface area contributed by atoms with Crippen LogP contribution >= 0.6 is 23.1 Å². The highest BCUT2D eigenvalue weighted by Gasteiger charge is 2.32. The molecule has 0 aliphatic carbocycles. The number of hydrogen-bond acceptors (Lipinski definition) is 8. The Hall–Kier alpha value is -2.28. The maximum atomic E-state index is 12.9. The molecule has 0 radical (unpaired) electrons. The van der Waals surface area contributed by atoms with Crippen LogP contribution in [-0.2, 0) is 21.4 Å². The number of nitrogens with zero attached hydrogens (tertiary/aromatic N) is 6. The third kappa shape index (κ3) is 4.97. The van der Waals surface area contributed by atoms with Crippen LogP contribution in [0, 0.1) is 0 Å². The van der Waals surface area contributed by atoms with E-state index in [4.69, 9.17) is 0 Å². The molecule has 9 nitrogen and oxygen atoms in total. The number of aromatic nitrogens is 4. The van der Waals surface area contributed by atoms with Crippen LogP contribution in [0.2, 0.25) is 0 Å². The zero-order valence-corrected chi connectivity index (χ0v) is 19.3. The molecule has 1 aliphatic heterocycles. The molecule has 31 heavy (non-hydrogen) atoms. The lowest BCUT2D eigenvalue weighted by Gasteiger charge is -2.35. The van der Waals surface area contributed by atoms with Crippen LogP contribution in [0.4, 0.5) is 0 Å². The number of carbonyl (C=O) groups is 1. The number of piperazine rings is 1. The third-order valence-corrected chi connectivity index (χ3v) is 8.78. The van der Waals surface area contributed by atoms with Gasteiger partial charge in [-0.05, 0) is 40.9 Å². The molecule has 1 aliphatic rings. The lowest BCUT2D eigenvalue weighted by molar-refractivity contribution is -0.131. The molecule has 1 saturated heterocycles. The van der Waals surface area contributed by atoms with Crippen molar-refractivity contribution in [2.24, 2.45) is 0 Å². The summed E-state index contributed by atoms with van der Waals surface area (Å²) >= 11 is 2.94. The summed E-state index contributed by atoms with van der Waals surface area (Å²) < 4.78 is 28.7. The Kier molecular flexibility index (Phi) is 6.70. The quantitative estimate of drug-likeness (QED) is 0.477. The van der Waals surface area contributed by atoms with Crippen LogP contribution < -0.4 is 0 Å². The van der Waals surface area contributed by atoms with Crippen molar-refractivity contribution >= 4 is 39.0 Å². The van der Waals surface area contributed by atoms with Crippen LogP contribution in [0.3, 0.4) is 0 Å². The molecule has 12 heteroatoms. The van der Waals surface area contributed by atoms with Crippen LogP contribution in [-0.4, -0.2) is 75.2 Å². The summed E-state index contributed by atoms with van der Waals surface area (Å²) in [6, 6.07) is 12.4. The summed E-state index contributed by atoms with van der Waals surface area (Å²) in [6.07, 6.45) is 0. The van der Waals surface area contributed by atoms with Crippen LogP contribution in [0.15, 0.2) is 57.9 Å². The second-order valence-electron chi connectivity index (χ2n) is 7.00. The van der Waals surface area contributed by atoms with Crippen molar-refractivity contribution in [1.82, 2.24) is 29.4 Å². The summed E-state index contributed by atoms with van der Waals surface area (Å²) in [7, 11) is -3.54. The van der Waals surface area contributed by atoms with Gasteiger partial charge in [0.15, 0.2) is 0 Å². The highest BCUT2D eigenvalue weighted by atomic mass is 32.2. The number of hydrogen-bond donors (Lipinski definition) is 0. The van der Waals surface area contributed by atoms with Crippen molar-refractivity contribution in [3.8, 4) is 0 Å². The minimum absolute atomic E-state index is 0.0487. The highest BCUT2D eigenvalue weighted by molar-refractivity contribution is 8.00. The van der Waals surface area contributed by atoms with Gasteiger partial charge in [0, 0.05) is 31.1 Å². The Balaban J connectivity index is 1.34. The second-order valence-corrected chi connectivity index (χ2v) is 11.3. The van der Waals surface area contributed by atoms with E-state index < -0.39 is 10.0 Å². The Morgan fingerprint density at radius 2 is 1.87 bits per heavy atom. The van der Waals surface area contributed by atoms with Gasteiger partial charge in [0.25, 0.3) is 0 Å². The number of sulfonamides is 1. The Labute approximate surface area is 189 Å². The molecule has 164 valence electrons. The van der Waals surface area contributed by atoms with Gasteiger partial charge in [-0.25, -0.2) is 13.1 Å². The van der Waals surface area contributed by atoms with Crippen molar-refractivity contribution in [2.75, 3.05) is 26.2 Å². The van der Waals surface area contributed by atoms with E-state index in [0.29, 0.717) is 24.8 Å². The van der Waals surface area contributed by atoms with Crippen molar-refractivity contribution in [3.63, 3.8) is 0 Å². The fourth-order valence-electron chi connectivity index (χ4n) is 3.29. The van der Waals surface area contributed by atoms with Gasteiger partial charge in [-0.2, -0.15) is 4.31 Å². The first-order valence-corrected chi connectivity index (χ1v) is 12.9. The normalized spacial score (nSPS) is 16.4. The molecule has 1 atom stereocenters. The van der Waals surface area contributed by atoms with Gasteiger partial charge in [0.1, 0.15) is 0 Å². The van der Waals surface area contributed by atoms with E-state index in [1.54, 1.807) is 51.3 Å². The van der Waals surface area contributed by atoms with Crippen molar-refractivity contribution in [1.29, 1.82) is 0 Å². The van der Waals surface area contributed by atoms with E-state index in [0.717, 1.165) is 4.88 Å². The standard InChI is InChI=1S/C19H22N6O3S3/c1-15(30-19-20-21-22-25(19)14-16-6-5-13-29-16)18(26)23-9-11-24(12-10-23)31(27,28)17-7-3-2-4-8-17/h2-8,13,15H,9-12,14H2,1H3/t15-/m0/s1. The van der Waals surface area contributed by atoms with Crippen LogP contribution in [0.25, 0.3) is 0 Å². The molecule has 1 fully saturated rings. The molecule has 4 rings (SSSR count). The number of thiophene rings is 1. The van der Waals surface area contributed by atoms with Gasteiger partial charge < -0.3 is 4.90 Å². The number of thioether (sulfide) groups is 1. The summed E-state index contributed by atoms with van der Waals surface area (Å²) in [5, 5.41) is 14.0. The summed E-state index contributed by atoms with van der Waals surface area (Å²) in [5.74, 6) is -0.0487. The average Bonchev–Trinajstić information content (AvgIpc) is 3.46. The molecule has 0 spiro atoms. The van der Waals surface area contributed by atoms with Crippen LogP contribution in [0.1, 0.15) is 11.8 Å². The first-order chi connectivity index (χ1) is 14.9. The fraction of sp³-hybridized carbons (Fsp3) is 0.368. The zero-order chi connectivity index (χ0) is 21.8. The van der Waals surface area contributed by atoms with Crippen molar-refractivity contribution in [2.45, 2.75) is 28.8 Å². The number of rotatable bonds is 7. The molecule has 0 N–H and O–H groups in total. The third-order valence-electron chi connectivity index (χ3n) is 4.95. The molecule has 0 unspecified atom stereocenters. The number of amides is 1. The lowest BCUT2D eigenvalue weighted by atomic mass is 10.3. The van der Waals surface area contributed by atoms with Gasteiger partial charge >= 0.3 is 0 Å². The Morgan fingerprint density at radius 1 is 1.13 bits per heavy atom. The van der Waals surface area contributed by atoms with Gasteiger partial charge in [-0.1, -0.05) is 36.0 Å². The second kappa shape index (κ2) is 9.47. The number of tetrazole rings is 1.